The number of hydrogen-bond donors (Lipinski definition) is 4. The van der Waals surface area contributed by atoms with E-state index in [-0.39, 0.29) is 11.8 Å². The van der Waals surface area contributed by atoms with Crippen LogP contribution in [0, 0.1) is 5.41 Å². The lowest BCUT2D eigenvalue weighted by atomic mass is 9.77. The fraction of sp³-hybridized carbons (Fsp3) is 0.600. The Morgan fingerprint density at radius 3 is 1.27 bits per heavy atom. The summed E-state index contributed by atoms with van der Waals surface area (Å²) >= 11 is 0. The lowest BCUT2D eigenvalue weighted by molar-refractivity contribution is -0.147. The zero-order valence-electron chi connectivity index (χ0n) is 25.6. The number of benzene rings is 2. The molecule has 2 atom stereocenters. The van der Waals surface area contributed by atoms with Crippen LogP contribution < -0.4 is 10.6 Å². The van der Waals surface area contributed by atoms with E-state index in [1.807, 2.05) is 88.4 Å². The molecule has 0 heterocycles. The van der Waals surface area contributed by atoms with Crippen molar-refractivity contribution in [3.05, 3.63) is 71.8 Å². The van der Waals surface area contributed by atoms with E-state index in [0.717, 1.165) is 49.7 Å². The SMILES string of the molecule is CCCC(O)(CCC)[C@H](NC(=O)C1(C(=O)N[C@H](c2ccccc2)C(O)(CCC)CCC)CCCC1)c1ccccc1. The monoisotopic (exact) mass is 564 g/mol. The molecule has 0 saturated heterocycles. The minimum absolute atomic E-state index is 0.340. The minimum atomic E-state index is -1.27. The van der Waals surface area contributed by atoms with Crippen LogP contribution in [0.3, 0.4) is 0 Å². The normalized spacial score (nSPS) is 16.6. The van der Waals surface area contributed by atoms with Crippen LogP contribution in [0.2, 0.25) is 0 Å². The molecule has 4 N–H and O–H groups in total. The third kappa shape index (κ3) is 7.58. The Kier molecular flexibility index (Phi) is 12.0. The lowest BCUT2D eigenvalue weighted by Gasteiger charge is -2.41. The summed E-state index contributed by atoms with van der Waals surface area (Å²) in [5.74, 6) is -0.679. The van der Waals surface area contributed by atoms with Gasteiger partial charge in [-0.25, -0.2) is 0 Å². The van der Waals surface area contributed by atoms with E-state index in [1.54, 1.807) is 0 Å². The summed E-state index contributed by atoms with van der Waals surface area (Å²) < 4.78 is 0. The molecule has 2 aromatic carbocycles. The van der Waals surface area contributed by atoms with Crippen LogP contribution in [-0.2, 0) is 9.59 Å². The average molecular weight is 565 g/mol. The number of carbonyl (C=O) groups excluding carboxylic acids is 2. The van der Waals surface area contributed by atoms with Crippen molar-refractivity contribution in [1.82, 2.24) is 10.6 Å². The molecule has 6 heteroatoms. The summed E-state index contributed by atoms with van der Waals surface area (Å²) in [6, 6.07) is 18.0. The number of carbonyl (C=O) groups is 2. The highest BCUT2D eigenvalue weighted by molar-refractivity contribution is 6.05. The van der Waals surface area contributed by atoms with Crippen LogP contribution in [0.5, 0.6) is 0 Å². The zero-order chi connectivity index (χ0) is 29.9. The first kappa shape index (κ1) is 32.8. The molecular formula is C35H52N2O4. The van der Waals surface area contributed by atoms with Crippen LogP contribution >= 0.6 is 0 Å². The molecule has 1 saturated carbocycles. The maximum Gasteiger partial charge on any atom is 0.236 e. The molecule has 1 fully saturated rings. The molecule has 1 aliphatic rings. The summed E-state index contributed by atoms with van der Waals surface area (Å²) in [7, 11) is 0. The average Bonchev–Trinajstić information content (AvgIpc) is 3.47. The summed E-state index contributed by atoms with van der Waals surface area (Å²) in [5, 5.41) is 30.2. The number of hydrogen-bond acceptors (Lipinski definition) is 4. The van der Waals surface area contributed by atoms with Crippen molar-refractivity contribution >= 4 is 11.8 Å². The van der Waals surface area contributed by atoms with Gasteiger partial charge in [0.2, 0.25) is 11.8 Å². The molecular weight excluding hydrogens is 512 g/mol. The molecule has 2 aromatic rings. The van der Waals surface area contributed by atoms with Gasteiger partial charge >= 0.3 is 0 Å². The van der Waals surface area contributed by atoms with E-state index >= 15 is 0 Å². The van der Waals surface area contributed by atoms with E-state index in [9.17, 15) is 19.8 Å². The molecule has 0 aliphatic heterocycles. The van der Waals surface area contributed by atoms with Crippen LogP contribution in [0.4, 0.5) is 0 Å². The molecule has 41 heavy (non-hydrogen) atoms. The highest BCUT2D eigenvalue weighted by atomic mass is 16.3. The highest BCUT2D eigenvalue weighted by Gasteiger charge is 2.51. The largest absolute Gasteiger partial charge is 0.387 e. The maximum absolute atomic E-state index is 14.3. The Balaban J connectivity index is 2.00. The van der Waals surface area contributed by atoms with Gasteiger partial charge in [-0.2, -0.15) is 0 Å². The van der Waals surface area contributed by atoms with Crippen molar-refractivity contribution in [3.63, 3.8) is 0 Å². The molecule has 226 valence electrons. The predicted octanol–water partition coefficient (Wildman–Crippen LogP) is 6.92. The van der Waals surface area contributed by atoms with Crippen molar-refractivity contribution in [2.24, 2.45) is 5.41 Å². The van der Waals surface area contributed by atoms with Crippen molar-refractivity contribution < 1.29 is 19.8 Å². The van der Waals surface area contributed by atoms with Gasteiger partial charge in [0.1, 0.15) is 5.41 Å². The second-order valence-electron chi connectivity index (χ2n) is 12.1. The Morgan fingerprint density at radius 2 is 0.976 bits per heavy atom. The van der Waals surface area contributed by atoms with Gasteiger partial charge in [0.05, 0.1) is 23.3 Å². The Morgan fingerprint density at radius 1 is 0.659 bits per heavy atom. The third-order valence-corrected chi connectivity index (χ3v) is 8.95. The number of aliphatic hydroxyl groups is 2. The fourth-order valence-corrected chi connectivity index (χ4v) is 6.98. The summed E-state index contributed by atoms with van der Waals surface area (Å²) in [4.78, 5) is 28.6. The van der Waals surface area contributed by atoms with E-state index in [0.29, 0.717) is 38.5 Å². The fourth-order valence-electron chi connectivity index (χ4n) is 6.98. The Bertz CT molecular complexity index is 988. The molecule has 6 nitrogen and oxygen atoms in total. The molecule has 0 aromatic heterocycles. The van der Waals surface area contributed by atoms with E-state index in [4.69, 9.17) is 0 Å². The number of nitrogens with one attached hydrogen (secondary N) is 2. The second-order valence-corrected chi connectivity index (χ2v) is 12.1. The first-order chi connectivity index (χ1) is 19.7. The van der Waals surface area contributed by atoms with Crippen molar-refractivity contribution in [2.45, 2.75) is 128 Å². The standard InChI is InChI=1S/C35H52N2O4/c1-5-21-34(40,22-6-2)29(27-17-11-9-12-18-27)36-31(38)33(25-15-16-26-33)32(39)37-30(28-19-13-10-14-20-28)35(41,23-7-3)24-8-4/h9-14,17-20,29-30,40-41H,5-8,15-16,21-26H2,1-4H3,(H,36,38)(H,37,39)/t29-,30-/m1/s1. The molecule has 0 spiro atoms. The summed E-state index contributed by atoms with van der Waals surface area (Å²) in [6.45, 7) is 8.14. The van der Waals surface area contributed by atoms with Crippen LogP contribution in [0.25, 0.3) is 0 Å². The summed E-state index contributed by atoms with van der Waals surface area (Å²) in [5.41, 5.74) is -1.86. The quantitative estimate of drug-likeness (QED) is 0.166. The first-order valence-corrected chi connectivity index (χ1v) is 15.9. The van der Waals surface area contributed by atoms with Gasteiger partial charge in [0.15, 0.2) is 0 Å². The smallest absolute Gasteiger partial charge is 0.236 e. The van der Waals surface area contributed by atoms with E-state index in [2.05, 4.69) is 10.6 Å². The molecule has 3 rings (SSSR count). The van der Waals surface area contributed by atoms with Crippen molar-refractivity contribution in [3.8, 4) is 0 Å². The topological polar surface area (TPSA) is 98.7 Å². The number of amides is 2. The van der Waals surface area contributed by atoms with Crippen molar-refractivity contribution in [1.29, 1.82) is 0 Å². The zero-order valence-corrected chi connectivity index (χ0v) is 25.6. The van der Waals surface area contributed by atoms with Gasteiger partial charge in [0, 0.05) is 0 Å². The van der Waals surface area contributed by atoms with Gasteiger partial charge in [-0.15, -0.1) is 0 Å². The lowest BCUT2D eigenvalue weighted by Crippen LogP contribution is -2.57. The molecule has 0 bridgehead atoms. The van der Waals surface area contributed by atoms with Crippen molar-refractivity contribution in [2.75, 3.05) is 0 Å². The number of rotatable bonds is 16. The Hall–Kier alpha value is -2.70. The van der Waals surface area contributed by atoms with Gasteiger partial charge in [-0.3, -0.25) is 9.59 Å². The molecule has 0 unspecified atom stereocenters. The third-order valence-electron chi connectivity index (χ3n) is 8.95. The minimum Gasteiger partial charge on any atom is -0.387 e. The maximum atomic E-state index is 14.3. The van der Waals surface area contributed by atoms with Crippen LogP contribution in [0.15, 0.2) is 60.7 Å². The van der Waals surface area contributed by atoms with Crippen LogP contribution in [-0.4, -0.2) is 33.2 Å². The molecule has 2 amide bonds. The molecule has 0 radical (unpaired) electrons. The van der Waals surface area contributed by atoms with E-state index < -0.39 is 28.7 Å². The van der Waals surface area contributed by atoms with Gasteiger partial charge in [-0.1, -0.05) is 127 Å². The van der Waals surface area contributed by atoms with Gasteiger partial charge in [-0.05, 0) is 49.7 Å². The molecule has 1 aliphatic carbocycles. The predicted molar refractivity (Wildman–Crippen MR) is 165 cm³/mol. The van der Waals surface area contributed by atoms with E-state index in [1.165, 1.54) is 0 Å². The van der Waals surface area contributed by atoms with Gasteiger partial charge < -0.3 is 20.8 Å². The second kappa shape index (κ2) is 15.0. The summed E-state index contributed by atoms with van der Waals surface area (Å²) in [6.07, 6.45) is 7.66. The van der Waals surface area contributed by atoms with Gasteiger partial charge in [0.25, 0.3) is 0 Å². The highest BCUT2D eigenvalue weighted by Crippen LogP contribution is 2.43. The first-order valence-electron chi connectivity index (χ1n) is 15.9. The Labute approximate surface area is 247 Å². The van der Waals surface area contributed by atoms with Crippen LogP contribution in [0.1, 0.15) is 128 Å².